The number of urea groups is 1. The Morgan fingerprint density at radius 1 is 1.38 bits per heavy atom. The predicted molar refractivity (Wildman–Crippen MR) is 51.1 cm³/mol. The number of carbonyl (C=O) groups is 1. The molecule has 0 rings (SSSR count). The number of rotatable bonds is 3. The van der Waals surface area contributed by atoms with Crippen molar-refractivity contribution >= 4 is 12.0 Å². The molecule has 7 heteroatoms. The zero-order chi connectivity index (χ0) is 10.1. The van der Waals surface area contributed by atoms with Crippen LogP contribution < -0.4 is 27.2 Å². The van der Waals surface area contributed by atoms with Crippen LogP contribution in [0.15, 0.2) is 4.99 Å². The molecule has 0 radical (unpaired) electrons. The van der Waals surface area contributed by atoms with Gasteiger partial charge < -0.3 is 16.0 Å². The van der Waals surface area contributed by atoms with Crippen LogP contribution in [0.4, 0.5) is 4.79 Å². The summed E-state index contributed by atoms with van der Waals surface area (Å²) in [5.74, 6) is 5.59. The van der Waals surface area contributed by atoms with E-state index in [0.29, 0.717) is 19.0 Å². The minimum Gasteiger partial charge on any atom is -0.354 e. The summed E-state index contributed by atoms with van der Waals surface area (Å²) in [6.45, 7) is 1.06. The third-order valence-electron chi connectivity index (χ3n) is 1.29. The highest BCUT2D eigenvalue weighted by Crippen LogP contribution is 1.64. The number of hydrogen-bond acceptors (Lipinski definition) is 3. The summed E-state index contributed by atoms with van der Waals surface area (Å²) in [7, 11) is 3.16. The lowest BCUT2D eigenvalue weighted by Crippen LogP contribution is -2.45. The molecule has 0 heterocycles. The Hall–Kier alpha value is -1.50. The lowest BCUT2D eigenvalue weighted by molar-refractivity contribution is 0.243. The van der Waals surface area contributed by atoms with Gasteiger partial charge in [0.05, 0.1) is 0 Å². The lowest BCUT2D eigenvalue weighted by atomic mass is 10.6. The van der Waals surface area contributed by atoms with E-state index in [1.54, 1.807) is 14.1 Å². The van der Waals surface area contributed by atoms with Crippen LogP contribution >= 0.6 is 0 Å². The molecule has 6 N–H and O–H groups in total. The smallest absolute Gasteiger partial charge is 0.314 e. The minimum atomic E-state index is -0.211. The zero-order valence-corrected chi connectivity index (χ0v) is 7.85. The van der Waals surface area contributed by atoms with Crippen LogP contribution in [0.1, 0.15) is 0 Å². The third kappa shape index (κ3) is 5.74. The molecule has 0 unspecified atom stereocenters. The number of nitrogens with two attached hydrogens (primary N) is 1. The fourth-order valence-electron chi connectivity index (χ4n) is 0.640. The SMILES string of the molecule is CN=C(NN)NCCNC(=O)NC. The van der Waals surface area contributed by atoms with Crippen molar-refractivity contribution in [2.75, 3.05) is 27.2 Å². The molecule has 7 nitrogen and oxygen atoms in total. The molecule has 0 aromatic carbocycles. The number of nitrogens with zero attached hydrogens (tertiary/aromatic N) is 1. The van der Waals surface area contributed by atoms with Crippen LogP contribution in [0.2, 0.25) is 0 Å². The van der Waals surface area contributed by atoms with Gasteiger partial charge in [0.15, 0.2) is 0 Å². The van der Waals surface area contributed by atoms with Crippen LogP contribution in [0.5, 0.6) is 0 Å². The van der Waals surface area contributed by atoms with Crippen molar-refractivity contribution in [2.24, 2.45) is 10.8 Å². The quantitative estimate of drug-likeness (QED) is 0.116. The number of guanidine groups is 1. The van der Waals surface area contributed by atoms with Crippen molar-refractivity contribution in [3.8, 4) is 0 Å². The van der Waals surface area contributed by atoms with Gasteiger partial charge in [-0.05, 0) is 0 Å². The zero-order valence-electron chi connectivity index (χ0n) is 7.85. The molecule has 0 aliphatic heterocycles. The first-order chi connectivity index (χ1) is 6.24. The molecule has 0 aliphatic rings. The highest BCUT2D eigenvalue weighted by Gasteiger charge is 1.95. The average Bonchev–Trinajstić information content (AvgIpc) is 2.18. The number of carbonyl (C=O) groups excluding carboxylic acids is 1. The van der Waals surface area contributed by atoms with Crippen LogP contribution in [-0.2, 0) is 0 Å². The van der Waals surface area contributed by atoms with Crippen LogP contribution in [-0.4, -0.2) is 39.2 Å². The van der Waals surface area contributed by atoms with Crippen molar-refractivity contribution in [1.29, 1.82) is 0 Å². The normalized spacial score (nSPS) is 10.5. The monoisotopic (exact) mass is 188 g/mol. The van der Waals surface area contributed by atoms with E-state index < -0.39 is 0 Å². The largest absolute Gasteiger partial charge is 0.354 e. The van der Waals surface area contributed by atoms with Gasteiger partial charge in [-0.1, -0.05) is 0 Å². The summed E-state index contributed by atoms with van der Waals surface area (Å²) >= 11 is 0. The summed E-state index contributed by atoms with van der Waals surface area (Å²) < 4.78 is 0. The van der Waals surface area contributed by atoms with Gasteiger partial charge in [-0.2, -0.15) is 0 Å². The molecule has 2 amide bonds. The molecular formula is C6H16N6O. The number of amides is 2. The van der Waals surface area contributed by atoms with Gasteiger partial charge in [0.1, 0.15) is 0 Å². The van der Waals surface area contributed by atoms with Crippen molar-refractivity contribution in [1.82, 2.24) is 21.4 Å². The topological polar surface area (TPSA) is 104 Å². The molecule has 0 atom stereocenters. The van der Waals surface area contributed by atoms with Crippen LogP contribution in [0.3, 0.4) is 0 Å². The molecule has 13 heavy (non-hydrogen) atoms. The maximum atomic E-state index is 10.7. The van der Waals surface area contributed by atoms with Gasteiger partial charge in [-0.25, -0.2) is 10.6 Å². The maximum Gasteiger partial charge on any atom is 0.314 e. The summed E-state index contributed by atoms with van der Waals surface area (Å²) in [4.78, 5) is 14.5. The molecular weight excluding hydrogens is 172 g/mol. The van der Waals surface area contributed by atoms with Gasteiger partial charge in [-0.15, -0.1) is 0 Å². The Kier molecular flexibility index (Phi) is 6.34. The van der Waals surface area contributed by atoms with Gasteiger partial charge in [-0.3, -0.25) is 10.4 Å². The number of hydrogen-bond donors (Lipinski definition) is 5. The minimum absolute atomic E-state index is 0.211. The van der Waals surface area contributed by atoms with E-state index in [1.165, 1.54) is 0 Å². The van der Waals surface area contributed by atoms with Crippen molar-refractivity contribution in [3.05, 3.63) is 0 Å². The van der Waals surface area contributed by atoms with E-state index in [-0.39, 0.29) is 6.03 Å². The second-order valence-corrected chi connectivity index (χ2v) is 2.15. The molecule has 0 aromatic rings. The summed E-state index contributed by atoms with van der Waals surface area (Å²) in [5.41, 5.74) is 2.36. The Morgan fingerprint density at radius 3 is 2.46 bits per heavy atom. The Labute approximate surface area is 77.1 Å². The molecule has 0 saturated carbocycles. The first kappa shape index (κ1) is 11.5. The Morgan fingerprint density at radius 2 is 2.00 bits per heavy atom. The third-order valence-corrected chi connectivity index (χ3v) is 1.29. The van der Waals surface area contributed by atoms with Crippen LogP contribution in [0, 0.1) is 0 Å². The van der Waals surface area contributed by atoms with Crippen molar-refractivity contribution in [2.45, 2.75) is 0 Å². The molecule has 0 saturated heterocycles. The van der Waals surface area contributed by atoms with Crippen molar-refractivity contribution < 1.29 is 4.79 Å². The molecule has 0 bridgehead atoms. The van der Waals surface area contributed by atoms with E-state index in [9.17, 15) is 4.79 Å². The number of nitrogens with one attached hydrogen (secondary N) is 4. The maximum absolute atomic E-state index is 10.7. The van der Waals surface area contributed by atoms with Gasteiger partial charge in [0.2, 0.25) is 5.96 Å². The molecule has 0 aromatic heterocycles. The second-order valence-electron chi connectivity index (χ2n) is 2.15. The van der Waals surface area contributed by atoms with E-state index in [4.69, 9.17) is 5.84 Å². The summed E-state index contributed by atoms with van der Waals surface area (Å²) in [6, 6.07) is -0.211. The molecule has 0 aliphatic carbocycles. The Balaban J connectivity index is 3.40. The van der Waals surface area contributed by atoms with Gasteiger partial charge in [0, 0.05) is 27.2 Å². The lowest BCUT2D eigenvalue weighted by Gasteiger charge is -2.08. The first-order valence-corrected chi connectivity index (χ1v) is 3.87. The van der Waals surface area contributed by atoms with Gasteiger partial charge >= 0.3 is 6.03 Å². The fraction of sp³-hybridized carbons (Fsp3) is 0.667. The van der Waals surface area contributed by atoms with Crippen molar-refractivity contribution in [3.63, 3.8) is 0 Å². The van der Waals surface area contributed by atoms with E-state index in [1.807, 2.05) is 0 Å². The van der Waals surface area contributed by atoms with Gasteiger partial charge in [0.25, 0.3) is 0 Å². The number of aliphatic imine (C=N–C) groups is 1. The molecule has 0 spiro atoms. The van der Waals surface area contributed by atoms with E-state index >= 15 is 0 Å². The standard InChI is InChI=1S/C6H16N6O/c1-8-5(12-7)10-3-4-11-6(13)9-2/h3-4,7H2,1-2H3,(H2,8,10,12)(H2,9,11,13). The highest BCUT2D eigenvalue weighted by atomic mass is 16.2. The molecule has 0 fully saturated rings. The summed E-state index contributed by atoms with van der Waals surface area (Å²) in [5, 5.41) is 7.90. The average molecular weight is 188 g/mol. The number of hydrazine groups is 1. The van der Waals surface area contributed by atoms with Crippen LogP contribution in [0.25, 0.3) is 0 Å². The Bertz CT molecular complexity index is 180. The summed E-state index contributed by atoms with van der Waals surface area (Å²) in [6.07, 6.45) is 0. The molecule has 76 valence electrons. The first-order valence-electron chi connectivity index (χ1n) is 3.87. The van der Waals surface area contributed by atoms with E-state index in [0.717, 1.165) is 0 Å². The highest BCUT2D eigenvalue weighted by molar-refractivity contribution is 5.79. The second kappa shape index (κ2) is 7.17. The predicted octanol–water partition coefficient (Wildman–Crippen LogP) is -2.05. The van der Waals surface area contributed by atoms with E-state index in [2.05, 4.69) is 26.4 Å². The fourth-order valence-corrected chi connectivity index (χ4v) is 0.640.